The predicted molar refractivity (Wildman–Crippen MR) is 136 cm³/mol. The van der Waals surface area contributed by atoms with Crippen molar-refractivity contribution in [3.8, 4) is 17.0 Å². The summed E-state index contributed by atoms with van der Waals surface area (Å²) in [6.45, 7) is 4.85. The van der Waals surface area contributed by atoms with Crippen molar-refractivity contribution in [1.29, 1.82) is 0 Å². The van der Waals surface area contributed by atoms with Crippen LogP contribution in [0.2, 0.25) is 0 Å². The number of anilines is 3. The monoisotopic (exact) mass is 501 g/mol. The number of rotatable bonds is 3. The van der Waals surface area contributed by atoms with Crippen LogP contribution in [0.1, 0.15) is 32.3 Å². The quantitative estimate of drug-likeness (QED) is 0.475. The zero-order valence-electron chi connectivity index (χ0n) is 20.0. The Bertz CT molecular complexity index is 1340. The first-order valence-electron chi connectivity index (χ1n) is 11.5. The van der Waals surface area contributed by atoms with Crippen LogP contribution in [-0.4, -0.2) is 39.6 Å². The number of aromatic nitrogens is 2. The molecule has 2 N–H and O–H groups in total. The third-order valence-electron chi connectivity index (χ3n) is 5.48. The number of nitrogens with one attached hydrogen (secondary N) is 2. The summed E-state index contributed by atoms with van der Waals surface area (Å²) in [7, 11) is -2.41. The van der Waals surface area contributed by atoms with Crippen molar-refractivity contribution in [3.63, 3.8) is 0 Å². The maximum absolute atomic E-state index is 14.8. The predicted octanol–water partition coefficient (Wildman–Crippen LogP) is 5.76. The fourth-order valence-electron chi connectivity index (χ4n) is 4.03. The molecule has 0 amide bonds. The molecule has 0 saturated heterocycles. The van der Waals surface area contributed by atoms with Crippen molar-refractivity contribution in [3.05, 3.63) is 59.8 Å². The van der Waals surface area contributed by atoms with Gasteiger partial charge in [-0.2, -0.15) is 0 Å². The highest BCUT2D eigenvalue weighted by molar-refractivity contribution is 7.92. The maximum Gasteiger partial charge on any atom is 0.227 e. The van der Waals surface area contributed by atoms with Crippen LogP contribution >= 0.6 is 0 Å². The first-order valence-corrected chi connectivity index (χ1v) is 13.6. The molecule has 0 aliphatic carbocycles. The fraction of sp³-hybridized carbons (Fsp3) is 0.360. The van der Waals surface area contributed by atoms with Crippen LogP contribution in [0.15, 0.2) is 47.0 Å². The van der Waals surface area contributed by atoms with E-state index in [0.29, 0.717) is 35.8 Å². The van der Waals surface area contributed by atoms with E-state index in [1.807, 2.05) is 32.0 Å². The van der Waals surface area contributed by atoms with Crippen LogP contribution in [0.3, 0.4) is 0 Å². The third-order valence-corrected chi connectivity index (χ3v) is 7.15. The summed E-state index contributed by atoms with van der Waals surface area (Å²) < 4.78 is 52.0. The van der Waals surface area contributed by atoms with Crippen LogP contribution in [0.5, 0.6) is 5.75 Å². The normalized spacial score (nSPS) is 17.3. The molecule has 3 aromatic rings. The molecule has 2 heterocycles. The van der Waals surface area contributed by atoms with E-state index >= 15 is 0 Å². The van der Waals surface area contributed by atoms with Crippen molar-refractivity contribution in [1.82, 2.24) is 9.97 Å². The summed E-state index contributed by atoms with van der Waals surface area (Å²) in [5.74, 6) is -0.00490. The SMILES string of the molecule is CCN=S(C)(=O)Cc1cc2cc(c1)OC(C)CCCNc1cc(F)ccc1-c1nc(ncc1F)N2. The number of hydrogen-bond donors (Lipinski definition) is 2. The standard InChI is InChI=1S/C25H29F2N5O2S/c1-4-30-35(3,33)15-17-10-19-13-20(11-17)34-16(2)6-5-9-28-23-12-18(26)7-8-21(23)24-22(27)14-29-25(31-19)32-24/h7-8,10-14,16,28H,4-6,9,15H2,1-3H3,(H,29,31,32). The van der Waals surface area contributed by atoms with Crippen molar-refractivity contribution < 1.29 is 17.7 Å². The zero-order valence-corrected chi connectivity index (χ0v) is 20.8. The average Bonchev–Trinajstić information content (AvgIpc) is 2.77. The van der Waals surface area contributed by atoms with Crippen LogP contribution in [0.4, 0.5) is 26.1 Å². The van der Waals surface area contributed by atoms with Gasteiger partial charge in [0, 0.05) is 52.1 Å². The van der Waals surface area contributed by atoms with Gasteiger partial charge in [-0.3, -0.25) is 0 Å². The topological polar surface area (TPSA) is 88.5 Å². The summed E-state index contributed by atoms with van der Waals surface area (Å²) >= 11 is 0. The summed E-state index contributed by atoms with van der Waals surface area (Å²) in [6, 6.07) is 9.62. The van der Waals surface area contributed by atoms with Crippen molar-refractivity contribution >= 4 is 27.1 Å². The molecule has 186 valence electrons. The van der Waals surface area contributed by atoms with E-state index < -0.39 is 21.4 Å². The lowest BCUT2D eigenvalue weighted by molar-refractivity contribution is 0.209. The molecule has 0 fully saturated rings. The summed E-state index contributed by atoms with van der Waals surface area (Å²) in [6.07, 6.45) is 4.11. The Hall–Kier alpha value is -3.27. The van der Waals surface area contributed by atoms with Crippen molar-refractivity contribution in [2.45, 2.75) is 38.5 Å². The lowest BCUT2D eigenvalue weighted by Crippen LogP contribution is -2.14. The van der Waals surface area contributed by atoms with Gasteiger partial charge >= 0.3 is 0 Å². The molecule has 7 nitrogen and oxygen atoms in total. The van der Waals surface area contributed by atoms with Crippen LogP contribution < -0.4 is 15.4 Å². The number of fused-ring (bicyclic) bond motifs is 6. The lowest BCUT2D eigenvalue weighted by atomic mass is 10.1. The molecule has 0 saturated carbocycles. The van der Waals surface area contributed by atoms with Gasteiger partial charge in [-0.05, 0) is 62.6 Å². The van der Waals surface area contributed by atoms with Gasteiger partial charge in [0.15, 0.2) is 5.82 Å². The van der Waals surface area contributed by atoms with Crippen molar-refractivity contribution in [2.24, 2.45) is 4.36 Å². The second kappa shape index (κ2) is 10.6. The van der Waals surface area contributed by atoms with Crippen LogP contribution in [0.25, 0.3) is 11.3 Å². The Morgan fingerprint density at radius 3 is 2.86 bits per heavy atom. The highest BCUT2D eigenvalue weighted by atomic mass is 32.2. The Morgan fingerprint density at radius 1 is 1.23 bits per heavy atom. The molecular weight excluding hydrogens is 472 g/mol. The van der Waals surface area contributed by atoms with E-state index in [-0.39, 0.29) is 23.5 Å². The van der Waals surface area contributed by atoms with Crippen LogP contribution in [0, 0.1) is 11.6 Å². The minimum atomic E-state index is -2.41. The average molecular weight is 502 g/mol. The molecular formula is C25H29F2N5O2S. The first-order chi connectivity index (χ1) is 16.7. The van der Waals surface area contributed by atoms with Gasteiger partial charge in [-0.25, -0.2) is 27.3 Å². The van der Waals surface area contributed by atoms with E-state index in [4.69, 9.17) is 4.74 Å². The number of hydrogen-bond acceptors (Lipinski definition) is 7. The first kappa shape index (κ1) is 24.8. The largest absolute Gasteiger partial charge is 0.491 e. The van der Waals surface area contributed by atoms with E-state index in [0.717, 1.165) is 24.6 Å². The summed E-state index contributed by atoms with van der Waals surface area (Å²) in [4.78, 5) is 8.46. The minimum absolute atomic E-state index is 0.0548. The van der Waals surface area contributed by atoms with Crippen molar-refractivity contribution in [2.75, 3.05) is 30.0 Å². The molecule has 1 aromatic heterocycles. The highest BCUT2D eigenvalue weighted by Gasteiger charge is 2.17. The van der Waals surface area contributed by atoms with E-state index in [9.17, 15) is 13.0 Å². The van der Waals surface area contributed by atoms with Gasteiger partial charge in [0.25, 0.3) is 0 Å². The molecule has 0 radical (unpaired) electrons. The second-order valence-corrected chi connectivity index (χ2v) is 11.1. The summed E-state index contributed by atoms with van der Waals surface area (Å²) in [5, 5.41) is 6.31. The van der Waals surface area contributed by atoms with E-state index in [1.165, 1.54) is 18.2 Å². The number of benzene rings is 2. The molecule has 4 bridgehead atoms. The Balaban J connectivity index is 1.79. The molecule has 1 aliphatic heterocycles. The van der Waals surface area contributed by atoms with Gasteiger partial charge in [0.1, 0.15) is 17.3 Å². The van der Waals surface area contributed by atoms with Gasteiger partial charge in [0.2, 0.25) is 5.95 Å². The summed E-state index contributed by atoms with van der Waals surface area (Å²) in [5.41, 5.74) is 2.35. The fourth-order valence-corrected chi connectivity index (χ4v) is 5.45. The van der Waals surface area contributed by atoms with Gasteiger partial charge in [-0.1, -0.05) is 0 Å². The van der Waals surface area contributed by atoms with Gasteiger partial charge in [-0.15, -0.1) is 0 Å². The Morgan fingerprint density at radius 2 is 2.06 bits per heavy atom. The number of ether oxygens (including phenoxy) is 1. The molecule has 0 spiro atoms. The zero-order chi connectivity index (χ0) is 25.0. The molecule has 4 rings (SSSR count). The van der Waals surface area contributed by atoms with E-state index in [2.05, 4.69) is 25.0 Å². The van der Waals surface area contributed by atoms with Crippen LogP contribution in [-0.2, 0) is 15.5 Å². The van der Waals surface area contributed by atoms with Gasteiger partial charge < -0.3 is 15.4 Å². The number of nitrogens with zero attached hydrogens (tertiary/aromatic N) is 3. The second-order valence-electron chi connectivity index (χ2n) is 8.62. The highest BCUT2D eigenvalue weighted by Crippen LogP contribution is 2.32. The Labute approximate surface area is 204 Å². The smallest absolute Gasteiger partial charge is 0.227 e. The molecule has 10 heteroatoms. The maximum atomic E-state index is 14.8. The van der Waals surface area contributed by atoms with E-state index in [1.54, 1.807) is 6.26 Å². The molecule has 1 aliphatic rings. The van der Waals surface area contributed by atoms with Gasteiger partial charge in [0.05, 0.1) is 18.1 Å². The minimum Gasteiger partial charge on any atom is -0.491 e. The lowest BCUT2D eigenvalue weighted by Gasteiger charge is -2.17. The molecule has 2 aromatic carbocycles. The molecule has 35 heavy (non-hydrogen) atoms. The molecule has 2 atom stereocenters. The Kier molecular flexibility index (Phi) is 7.49. The molecule has 2 unspecified atom stereocenters. The third kappa shape index (κ3) is 6.45. The number of halogens is 2.